The van der Waals surface area contributed by atoms with Crippen LogP contribution in [0.1, 0.15) is 12.0 Å². The van der Waals surface area contributed by atoms with Crippen molar-refractivity contribution in [3.8, 4) is 0 Å². The van der Waals surface area contributed by atoms with E-state index in [9.17, 15) is 0 Å². The van der Waals surface area contributed by atoms with Crippen molar-refractivity contribution in [3.05, 3.63) is 35.9 Å². The van der Waals surface area contributed by atoms with Crippen molar-refractivity contribution < 1.29 is 4.74 Å². The van der Waals surface area contributed by atoms with Crippen LogP contribution in [0.2, 0.25) is 0 Å². The van der Waals surface area contributed by atoms with Crippen LogP contribution in [0.4, 0.5) is 0 Å². The van der Waals surface area contributed by atoms with Crippen molar-refractivity contribution in [3.63, 3.8) is 0 Å². The Hall–Kier alpha value is -0.860. The van der Waals surface area contributed by atoms with Crippen molar-refractivity contribution in [2.45, 2.75) is 18.9 Å². The summed E-state index contributed by atoms with van der Waals surface area (Å²) in [5, 5.41) is 3.35. The van der Waals surface area contributed by atoms with Crippen molar-refractivity contribution in [1.82, 2.24) is 5.32 Å². The molecule has 2 nitrogen and oxygen atoms in total. The molecular formula is C12H17NO. The fourth-order valence-corrected chi connectivity index (χ4v) is 1.78. The Kier molecular flexibility index (Phi) is 3.55. The molecule has 14 heavy (non-hydrogen) atoms. The van der Waals surface area contributed by atoms with Gasteiger partial charge in [0.05, 0.1) is 12.7 Å². The van der Waals surface area contributed by atoms with E-state index in [0.717, 1.165) is 32.5 Å². The predicted octanol–water partition coefficient (Wildman–Crippen LogP) is 1.61. The van der Waals surface area contributed by atoms with Gasteiger partial charge in [0.2, 0.25) is 0 Å². The lowest BCUT2D eigenvalue weighted by molar-refractivity contribution is 0.0238. The molecule has 0 spiro atoms. The number of aryl methyl sites for hydroxylation is 1. The Morgan fingerprint density at radius 2 is 2.14 bits per heavy atom. The summed E-state index contributed by atoms with van der Waals surface area (Å²) >= 11 is 0. The molecule has 0 amide bonds. The summed E-state index contributed by atoms with van der Waals surface area (Å²) in [6.45, 7) is 2.87. The summed E-state index contributed by atoms with van der Waals surface area (Å²) < 4.78 is 5.64. The third kappa shape index (κ3) is 2.82. The fraction of sp³-hybridized carbons (Fsp3) is 0.500. The first-order valence-corrected chi connectivity index (χ1v) is 5.31. The molecule has 1 aromatic carbocycles. The molecular weight excluding hydrogens is 174 g/mol. The van der Waals surface area contributed by atoms with Gasteiger partial charge >= 0.3 is 0 Å². The highest BCUT2D eigenvalue weighted by Crippen LogP contribution is 2.08. The van der Waals surface area contributed by atoms with Gasteiger partial charge in [-0.2, -0.15) is 0 Å². The van der Waals surface area contributed by atoms with Gasteiger partial charge in [0, 0.05) is 13.1 Å². The summed E-state index contributed by atoms with van der Waals surface area (Å²) in [5.41, 5.74) is 1.40. The molecule has 0 saturated carbocycles. The molecule has 1 heterocycles. The maximum absolute atomic E-state index is 5.64. The van der Waals surface area contributed by atoms with Gasteiger partial charge in [-0.15, -0.1) is 0 Å². The lowest BCUT2D eigenvalue weighted by atomic mass is 10.1. The highest BCUT2D eigenvalue weighted by molar-refractivity contribution is 5.14. The second kappa shape index (κ2) is 5.13. The van der Waals surface area contributed by atoms with E-state index >= 15 is 0 Å². The number of hydrogen-bond donors (Lipinski definition) is 1. The van der Waals surface area contributed by atoms with E-state index in [1.54, 1.807) is 0 Å². The van der Waals surface area contributed by atoms with Crippen LogP contribution in [-0.2, 0) is 11.2 Å². The van der Waals surface area contributed by atoms with E-state index in [0.29, 0.717) is 6.10 Å². The van der Waals surface area contributed by atoms with Crippen LogP contribution >= 0.6 is 0 Å². The zero-order valence-corrected chi connectivity index (χ0v) is 8.41. The average molecular weight is 191 g/mol. The van der Waals surface area contributed by atoms with Crippen LogP contribution in [0.3, 0.4) is 0 Å². The molecule has 76 valence electrons. The lowest BCUT2D eigenvalue weighted by Crippen LogP contribution is -2.38. The summed E-state index contributed by atoms with van der Waals surface area (Å²) in [7, 11) is 0. The second-order valence-electron chi connectivity index (χ2n) is 3.72. The molecule has 1 atom stereocenters. The highest BCUT2D eigenvalue weighted by Gasteiger charge is 2.12. The molecule has 2 rings (SSSR count). The topological polar surface area (TPSA) is 21.3 Å². The van der Waals surface area contributed by atoms with Crippen LogP contribution in [0.5, 0.6) is 0 Å². The summed E-state index contributed by atoms with van der Waals surface area (Å²) in [5.74, 6) is 0. The van der Waals surface area contributed by atoms with Gasteiger partial charge in [0.15, 0.2) is 0 Å². The lowest BCUT2D eigenvalue weighted by Gasteiger charge is -2.23. The Labute approximate surface area is 85.3 Å². The average Bonchev–Trinajstić information content (AvgIpc) is 2.29. The zero-order valence-electron chi connectivity index (χ0n) is 8.41. The Morgan fingerprint density at radius 3 is 2.86 bits per heavy atom. The van der Waals surface area contributed by atoms with Gasteiger partial charge in [0.1, 0.15) is 0 Å². The molecule has 0 unspecified atom stereocenters. The first-order valence-electron chi connectivity index (χ1n) is 5.31. The molecule has 2 heteroatoms. The van der Waals surface area contributed by atoms with E-state index in [2.05, 4.69) is 35.6 Å². The van der Waals surface area contributed by atoms with Gasteiger partial charge < -0.3 is 10.1 Å². The van der Waals surface area contributed by atoms with E-state index in [-0.39, 0.29) is 0 Å². The minimum atomic E-state index is 0.406. The number of benzene rings is 1. The number of rotatable bonds is 3. The smallest absolute Gasteiger partial charge is 0.0703 e. The third-order valence-electron chi connectivity index (χ3n) is 2.60. The maximum atomic E-state index is 5.64. The van der Waals surface area contributed by atoms with Gasteiger partial charge in [-0.05, 0) is 18.4 Å². The molecule has 0 aromatic heterocycles. The number of hydrogen-bond acceptors (Lipinski definition) is 2. The molecule has 1 aliphatic rings. The Bertz CT molecular complexity index is 254. The van der Waals surface area contributed by atoms with Crippen molar-refractivity contribution in [2.75, 3.05) is 19.7 Å². The SMILES string of the molecule is c1ccc(CC[C@H]2CNCCO2)cc1. The Balaban J connectivity index is 1.76. The molecule has 0 bridgehead atoms. The quantitative estimate of drug-likeness (QED) is 0.783. The summed E-state index contributed by atoms with van der Waals surface area (Å²) in [6.07, 6.45) is 2.65. The fourth-order valence-electron chi connectivity index (χ4n) is 1.78. The van der Waals surface area contributed by atoms with E-state index in [1.165, 1.54) is 5.56 Å². The van der Waals surface area contributed by atoms with Crippen LogP contribution in [0, 0.1) is 0 Å². The molecule has 1 fully saturated rings. The standard InChI is InChI=1S/C12H17NO/c1-2-4-11(5-3-1)6-7-12-10-13-8-9-14-12/h1-5,12-13H,6-10H2/t12-/m0/s1. The van der Waals surface area contributed by atoms with Crippen molar-refractivity contribution in [1.29, 1.82) is 0 Å². The zero-order chi connectivity index (χ0) is 9.64. The van der Waals surface area contributed by atoms with Gasteiger partial charge in [-0.25, -0.2) is 0 Å². The number of ether oxygens (including phenoxy) is 1. The third-order valence-corrected chi connectivity index (χ3v) is 2.60. The first-order chi connectivity index (χ1) is 6.95. The minimum absolute atomic E-state index is 0.406. The summed E-state index contributed by atoms with van der Waals surface area (Å²) in [6, 6.07) is 10.6. The molecule has 1 saturated heterocycles. The van der Waals surface area contributed by atoms with Crippen molar-refractivity contribution in [2.24, 2.45) is 0 Å². The second-order valence-corrected chi connectivity index (χ2v) is 3.72. The monoisotopic (exact) mass is 191 g/mol. The predicted molar refractivity (Wildman–Crippen MR) is 57.4 cm³/mol. The van der Waals surface area contributed by atoms with Crippen LogP contribution in [-0.4, -0.2) is 25.8 Å². The van der Waals surface area contributed by atoms with E-state index < -0.39 is 0 Å². The molecule has 0 aliphatic carbocycles. The van der Waals surface area contributed by atoms with Crippen LogP contribution < -0.4 is 5.32 Å². The van der Waals surface area contributed by atoms with Gasteiger partial charge in [0.25, 0.3) is 0 Å². The van der Waals surface area contributed by atoms with E-state index in [4.69, 9.17) is 4.74 Å². The maximum Gasteiger partial charge on any atom is 0.0703 e. The normalized spacial score (nSPS) is 22.1. The van der Waals surface area contributed by atoms with Crippen molar-refractivity contribution >= 4 is 0 Å². The Morgan fingerprint density at radius 1 is 1.29 bits per heavy atom. The van der Waals surface area contributed by atoms with Crippen LogP contribution in [0.25, 0.3) is 0 Å². The van der Waals surface area contributed by atoms with Gasteiger partial charge in [-0.1, -0.05) is 30.3 Å². The first kappa shape index (κ1) is 9.69. The van der Waals surface area contributed by atoms with E-state index in [1.807, 2.05) is 0 Å². The molecule has 1 aromatic rings. The summed E-state index contributed by atoms with van der Waals surface area (Å²) in [4.78, 5) is 0. The number of nitrogens with one attached hydrogen (secondary N) is 1. The largest absolute Gasteiger partial charge is 0.376 e. The molecule has 1 N–H and O–H groups in total. The highest BCUT2D eigenvalue weighted by atomic mass is 16.5. The molecule has 1 aliphatic heterocycles. The van der Waals surface area contributed by atoms with Gasteiger partial charge in [-0.3, -0.25) is 0 Å². The minimum Gasteiger partial charge on any atom is -0.376 e. The number of morpholine rings is 1. The van der Waals surface area contributed by atoms with Crippen LogP contribution in [0.15, 0.2) is 30.3 Å². The molecule has 0 radical (unpaired) electrons.